The van der Waals surface area contributed by atoms with Crippen molar-refractivity contribution in [3.05, 3.63) is 41.5 Å². The summed E-state index contributed by atoms with van der Waals surface area (Å²) in [7, 11) is 1.70. The zero-order valence-corrected chi connectivity index (χ0v) is 14.4. The van der Waals surface area contributed by atoms with Crippen LogP contribution in [-0.2, 0) is 16.0 Å². The second kappa shape index (κ2) is 5.30. The molecule has 4 rings (SSSR count). The summed E-state index contributed by atoms with van der Waals surface area (Å²) in [4.78, 5) is 24.1. The number of ketones is 1. The second-order valence-electron chi connectivity index (χ2n) is 7.80. The molecule has 0 heterocycles. The molecule has 3 aliphatic rings. The molecule has 1 aromatic carbocycles. The Kier molecular flexibility index (Phi) is 3.45. The van der Waals surface area contributed by atoms with Gasteiger partial charge in [0.15, 0.2) is 5.78 Å². The van der Waals surface area contributed by atoms with Crippen molar-refractivity contribution in [3.63, 3.8) is 0 Å². The number of fused-ring (bicyclic) bond motifs is 5. The maximum atomic E-state index is 12.6. The van der Waals surface area contributed by atoms with E-state index in [1.165, 1.54) is 11.1 Å². The molecule has 0 saturated heterocycles. The van der Waals surface area contributed by atoms with Gasteiger partial charge in [-0.2, -0.15) is 0 Å². The molecule has 0 spiro atoms. The van der Waals surface area contributed by atoms with Crippen LogP contribution in [0.4, 0.5) is 0 Å². The van der Waals surface area contributed by atoms with Crippen LogP contribution in [0, 0.1) is 16.7 Å². The van der Waals surface area contributed by atoms with Crippen molar-refractivity contribution in [2.24, 2.45) is 16.7 Å². The normalized spacial score (nSPS) is 36.7. The molecule has 0 radical (unpaired) electrons. The summed E-state index contributed by atoms with van der Waals surface area (Å²) < 4.78 is 5.37. The van der Waals surface area contributed by atoms with Crippen LogP contribution in [0.15, 0.2) is 30.4 Å². The number of allylic oxidation sites excluding steroid dienone is 2. The van der Waals surface area contributed by atoms with Gasteiger partial charge in [-0.05, 0) is 66.9 Å². The predicted molar refractivity (Wildman–Crippen MR) is 92.1 cm³/mol. The van der Waals surface area contributed by atoms with Gasteiger partial charge in [-0.15, -0.1) is 0 Å². The summed E-state index contributed by atoms with van der Waals surface area (Å²) in [5.74, 6) is 1.92. The Morgan fingerprint density at radius 3 is 2.92 bits per heavy atom. The van der Waals surface area contributed by atoms with Crippen LogP contribution >= 0.6 is 0 Å². The number of rotatable bonds is 3. The van der Waals surface area contributed by atoms with Crippen molar-refractivity contribution >= 4 is 12.1 Å². The smallest absolute Gasteiger partial charge is 0.162 e. The first-order chi connectivity index (χ1) is 11.6. The molecular formula is C21H24O3. The van der Waals surface area contributed by atoms with E-state index in [1.54, 1.807) is 13.2 Å². The molecule has 3 heteroatoms. The maximum absolute atomic E-state index is 12.6. The Balaban J connectivity index is 1.80. The highest BCUT2D eigenvalue weighted by atomic mass is 16.5. The number of carbonyl (C=O) groups is 2. The molecule has 126 valence electrons. The van der Waals surface area contributed by atoms with Crippen molar-refractivity contribution in [3.8, 4) is 5.75 Å². The molecule has 4 atom stereocenters. The predicted octanol–water partition coefficient (Wildman–Crippen LogP) is 3.86. The van der Waals surface area contributed by atoms with Gasteiger partial charge in [0.1, 0.15) is 12.0 Å². The topological polar surface area (TPSA) is 43.4 Å². The van der Waals surface area contributed by atoms with Crippen LogP contribution in [0.5, 0.6) is 5.75 Å². The number of hydrogen-bond acceptors (Lipinski definition) is 3. The minimum Gasteiger partial charge on any atom is -0.497 e. The fourth-order valence-electron chi connectivity index (χ4n) is 5.73. The Hall–Kier alpha value is -1.90. The number of aldehydes is 1. The van der Waals surface area contributed by atoms with Gasteiger partial charge in [0.2, 0.25) is 0 Å². The highest BCUT2D eigenvalue weighted by Gasteiger charge is 2.62. The Morgan fingerprint density at radius 2 is 2.17 bits per heavy atom. The van der Waals surface area contributed by atoms with Gasteiger partial charge in [0.25, 0.3) is 0 Å². The average molecular weight is 324 g/mol. The first-order valence-electron chi connectivity index (χ1n) is 8.90. The van der Waals surface area contributed by atoms with Crippen molar-refractivity contribution < 1.29 is 14.3 Å². The molecule has 3 aliphatic carbocycles. The van der Waals surface area contributed by atoms with Gasteiger partial charge >= 0.3 is 0 Å². The summed E-state index contributed by atoms with van der Waals surface area (Å²) >= 11 is 0. The second-order valence-corrected chi connectivity index (χ2v) is 7.80. The minimum absolute atomic E-state index is 0.211. The molecule has 1 aromatic rings. The van der Waals surface area contributed by atoms with Crippen molar-refractivity contribution in [1.82, 2.24) is 0 Å². The third kappa shape index (κ3) is 1.84. The van der Waals surface area contributed by atoms with Gasteiger partial charge in [-0.3, -0.25) is 4.79 Å². The molecule has 1 saturated carbocycles. The number of ether oxygens (including phenoxy) is 1. The van der Waals surface area contributed by atoms with E-state index < -0.39 is 5.41 Å². The first kappa shape index (κ1) is 15.6. The Morgan fingerprint density at radius 1 is 1.33 bits per heavy atom. The lowest BCUT2D eigenvalue weighted by atomic mass is 9.46. The third-order valence-electron chi connectivity index (χ3n) is 7.10. The van der Waals surface area contributed by atoms with Crippen LogP contribution < -0.4 is 4.74 Å². The zero-order valence-electron chi connectivity index (χ0n) is 14.4. The number of carbonyl (C=O) groups excluding carboxylic acids is 2. The van der Waals surface area contributed by atoms with Gasteiger partial charge in [0, 0.05) is 17.3 Å². The van der Waals surface area contributed by atoms with Gasteiger partial charge < -0.3 is 9.53 Å². The van der Waals surface area contributed by atoms with Gasteiger partial charge in [0.05, 0.1) is 7.11 Å². The SMILES string of the molecule is COc1ccc2c(c1)CC[C@H]1[C@@H]2CC[C@]2(C)C(=O)C=C[C@]12CC=O. The van der Waals surface area contributed by atoms with E-state index in [4.69, 9.17) is 4.74 Å². The highest BCUT2D eigenvalue weighted by molar-refractivity contribution is 5.99. The summed E-state index contributed by atoms with van der Waals surface area (Å²) in [5, 5.41) is 0. The lowest BCUT2D eigenvalue weighted by Gasteiger charge is -2.55. The largest absolute Gasteiger partial charge is 0.497 e. The van der Waals surface area contributed by atoms with Crippen molar-refractivity contribution in [1.29, 1.82) is 0 Å². The average Bonchev–Trinajstić information content (AvgIpc) is 2.86. The van der Waals surface area contributed by atoms with Crippen LogP contribution in [-0.4, -0.2) is 19.2 Å². The van der Waals surface area contributed by atoms with Gasteiger partial charge in [-0.1, -0.05) is 19.1 Å². The molecule has 0 amide bonds. The quantitative estimate of drug-likeness (QED) is 0.793. The monoisotopic (exact) mass is 324 g/mol. The summed E-state index contributed by atoms with van der Waals surface area (Å²) in [6.45, 7) is 2.08. The van der Waals surface area contributed by atoms with E-state index >= 15 is 0 Å². The maximum Gasteiger partial charge on any atom is 0.162 e. The van der Waals surface area contributed by atoms with Crippen molar-refractivity contribution in [2.45, 2.75) is 44.9 Å². The van der Waals surface area contributed by atoms with Crippen LogP contribution in [0.25, 0.3) is 0 Å². The van der Waals surface area contributed by atoms with Crippen LogP contribution in [0.2, 0.25) is 0 Å². The summed E-state index contributed by atoms with van der Waals surface area (Å²) in [6.07, 6.45) is 9.21. The zero-order chi connectivity index (χ0) is 16.9. The van der Waals surface area contributed by atoms with Crippen molar-refractivity contribution in [2.75, 3.05) is 7.11 Å². The number of hydrogen-bond donors (Lipinski definition) is 0. The van der Waals surface area contributed by atoms with E-state index in [0.29, 0.717) is 18.3 Å². The molecular weight excluding hydrogens is 300 g/mol. The van der Waals surface area contributed by atoms with E-state index in [0.717, 1.165) is 37.7 Å². The molecule has 0 unspecified atom stereocenters. The van der Waals surface area contributed by atoms with E-state index in [-0.39, 0.29) is 11.2 Å². The van der Waals surface area contributed by atoms with Gasteiger partial charge in [-0.25, -0.2) is 0 Å². The standard InChI is InChI=1S/C21H24O3/c1-20-9-7-17-16-5-4-15(24-2)13-14(16)3-6-18(17)21(20,11-12-22)10-8-19(20)23/h4-5,8,10,12-13,17-18H,3,6-7,9,11H2,1-2H3/t17-,18+,20-,21+/m1/s1. The van der Waals surface area contributed by atoms with E-state index in [1.807, 2.05) is 6.07 Å². The molecule has 24 heavy (non-hydrogen) atoms. The lowest BCUT2D eigenvalue weighted by Crippen LogP contribution is -2.52. The molecule has 0 aliphatic heterocycles. The fourth-order valence-corrected chi connectivity index (χ4v) is 5.73. The Labute approximate surface area is 143 Å². The molecule has 0 aromatic heterocycles. The molecule has 0 bridgehead atoms. The summed E-state index contributed by atoms with van der Waals surface area (Å²) in [6, 6.07) is 6.39. The van der Waals surface area contributed by atoms with E-state index in [2.05, 4.69) is 25.1 Å². The molecule has 0 N–H and O–H groups in total. The molecule has 1 fully saturated rings. The number of aryl methyl sites for hydroxylation is 1. The Bertz CT molecular complexity index is 735. The summed E-state index contributed by atoms with van der Waals surface area (Å²) in [5.41, 5.74) is 2.06. The number of benzene rings is 1. The lowest BCUT2D eigenvalue weighted by molar-refractivity contribution is -0.135. The highest BCUT2D eigenvalue weighted by Crippen LogP contribution is 2.65. The first-order valence-corrected chi connectivity index (χ1v) is 8.90. The fraction of sp³-hybridized carbons (Fsp3) is 0.524. The van der Waals surface area contributed by atoms with E-state index in [9.17, 15) is 9.59 Å². The minimum atomic E-state index is -0.404. The van der Waals surface area contributed by atoms with Crippen LogP contribution in [0.1, 0.15) is 49.7 Å². The number of methoxy groups -OCH3 is 1. The molecule has 3 nitrogen and oxygen atoms in total. The third-order valence-corrected chi connectivity index (χ3v) is 7.10. The van der Waals surface area contributed by atoms with Crippen LogP contribution in [0.3, 0.4) is 0 Å².